The van der Waals surface area contributed by atoms with Crippen LogP contribution in [0.3, 0.4) is 0 Å². The van der Waals surface area contributed by atoms with Crippen molar-refractivity contribution in [3.8, 4) is 11.5 Å². The summed E-state index contributed by atoms with van der Waals surface area (Å²) in [6.45, 7) is 5.16. The molecule has 0 unspecified atom stereocenters. The zero-order chi connectivity index (χ0) is 18.6. The van der Waals surface area contributed by atoms with Crippen LogP contribution in [-0.4, -0.2) is 32.0 Å². The Morgan fingerprint density at radius 1 is 1.08 bits per heavy atom. The Hall–Kier alpha value is -2.89. The van der Waals surface area contributed by atoms with Gasteiger partial charge in [-0.2, -0.15) is 0 Å². The van der Waals surface area contributed by atoms with Gasteiger partial charge in [0.15, 0.2) is 11.5 Å². The standard InChI is InChI=1S/C20H25N3O3/c1-20(2)25-17-11-10-15(14-18(17)26-20)22-19(24)21-12-7-13-23(3)16-8-5-4-6-9-16/h4-6,8-11,14H,7,12-13H2,1-3H3,(H2,21,22,24). The summed E-state index contributed by atoms with van der Waals surface area (Å²) in [6.07, 6.45) is 0.855. The fourth-order valence-electron chi connectivity index (χ4n) is 2.81. The van der Waals surface area contributed by atoms with Crippen molar-refractivity contribution >= 4 is 17.4 Å². The van der Waals surface area contributed by atoms with E-state index in [9.17, 15) is 4.79 Å². The molecule has 0 atom stereocenters. The fourth-order valence-corrected chi connectivity index (χ4v) is 2.81. The summed E-state index contributed by atoms with van der Waals surface area (Å²) in [5.74, 6) is 0.649. The number of benzene rings is 2. The molecule has 0 radical (unpaired) electrons. The molecule has 138 valence electrons. The highest BCUT2D eigenvalue weighted by Crippen LogP contribution is 2.40. The first-order valence-corrected chi connectivity index (χ1v) is 8.76. The molecule has 26 heavy (non-hydrogen) atoms. The summed E-state index contributed by atoms with van der Waals surface area (Å²) in [6, 6.07) is 15.3. The number of anilines is 2. The van der Waals surface area contributed by atoms with E-state index in [2.05, 4.69) is 27.7 Å². The molecule has 0 saturated carbocycles. The Kier molecular flexibility index (Phi) is 5.21. The van der Waals surface area contributed by atoms with E-state index in [0.717, 1.165) is 13.0 Å². The lowest BCUT2D eigenvalue weighted by atomic mass is 10.3. The zero-order valence-electron chi connectivity index (χ0n) is 15.4. The van der Waals surface area contributed by atoms with Crippen molar-refractivity contribution in [2.75, 3.05) is 30.4 Å². The van der Waals surface area contributed by atoms with Crippen molar-refractivity contribution in [3.63, 3.8) is 0 Å². The summed E-state index contributed by atoms with van der Waals surface area (Å²) in [4.78, 5) is 14.2. The van der Waals surface area contributed by atoms with Crippen molar-refractivity contribution in [3.05, 3.63) is 48.5 Å². The maximum atomic E-state index is 12.0. The highest BCUT2D eigenvalue weighted by molar-refractivity contribution is 5.89. The SMILES string of the molecule is CN(CCCNC(=O)Nc1ccc2c(c1)OC(C)(C)O2)c1ccccc1. The molecule has 0 aliphatic carbocycles. The normalized spacial score (nSPS) is 14.0. The number of nitrogens with one attached hydrogen (secondary N) is 2. The second-order valence-corrected chi connectivity index (χ2v) is 6.76. The van der Waals surface area contributed by atoms with E-state index in [1.807, 2.05) is 39.1 Å². The van der Waals surface area contributed by atoms with Gasteiger partial charge in [-0.25, -0.2) is 4.79 Å². The van der Waals surface area contributed by atoms with Crippen LogP contribution in [0.2, 0.25) is 0 Å². The lowest BCUT2D eigenvalue weighted by Gasteiger charge is -2.19. The summed E-state index contributed by atoms with van der Waals surface area (Å²) < 4.78 is 11.3. The Morgan fingerprint density at radius 3 is 2.58 bits per heavy atom. The highest BCUT2D eigenvalue weighted by atomic mass is 16.7. The molecule has 2 aromatic rings. The molecule has 0 spiro atoms. The predicted molar refractivity (Wildman–Crippen MR) is 103 cm³/mol. The molecule has 0 aromatic heterocycles. The summed E-state index contributed by atoms with van der Waals surface area (Å²) in [5, 5.41) is 5.69. The third-order valence-corrected chi connectivity index (χ3v) is 4.07. The molecule has 0 bridgehead atoms. The highest BCUT2D eigenvalue weighted by Gasteiger charge is 2.31. The number of ether oxygens (including phenoxy) is 2. The minimum Gasteiger partial charge on any atom is -0.449 e. The van der Waals surface area contributed by atoms with Gasteiger partial charge in [0.1, 0.15) is 0 Å². The van der Waals surface area contributed by atoms with E-state index >= 15 is 0 Å². The van der Waals surface area contributed by atoms with Gasteiger partial charge in [0.2, 0.25) is 5.79 Å². The fraction of sp³-hybridized carbons (Fsp3) is 0.350. The number of carbonyl (C=O) groups is 1. The van der Waals surface area contributed by atoms with Crippen molar-refractivity contribution in [1.29, 1.82) is 0 Å². The average Bonchev–Trinajstić information content (AvgIpc) is 2.92. The van der Waals surface area contributed by atoms with Crippen LogP contribution in [0.4, 0.5) is 16.2 Å². The molecular formula is C20H25N3O3. The molecule has 1 aliphatic rings. The first kappa shape index (κ1) is 17.9. The van der Waals surface area contributed by atoms with E-state index in [1.165, 1.54) is 5.69 Å². The van der Waals surface area contributed by atoms with E-state index in [1.54, 1.807) is 18.2 Å². The van der Waals surface area contributed by atoms with Crippen molar-refractivity contribution in [2.24, 2.45) is 0 Å². The molecule has 3 rings (SSSR count). The Balaban J connectivity index is 1.41. The van der Waals surface area contributed by atoms with Crippen LogP contribution >= 0.6 is 0 Å². The van der Waals surface area contributed by atoms with Crippen LogP contribution in [-0.2, 0) is 0 Å². The van der Waals surface area contributed by atoms with Crippen LogP contribution in [0.1, 0.15) is 20.3 Å². The number of hydrogen-bond donors (Lipinski definition) is 2. The van der Waals surface area contributed by atoms with E-state index in [-0.39, 0.29) is 6.03 Å². The summed E-state index contributed by atoms with van der Waals surface area (Å²) >= 11 is 0. The number of urea groups is 1. The van der Waals surface area contributed by atoms with Gasteiger partial charge in [-0.15, -0.1) is 0 Å². The smallest absolute Gasteiger partial charge is 0.319 e. The minimum absolute atomic E-state index is 0.231. The number of fused-ring (bicyclic) bond motifs is 1. The Labute approximate surface area is 154 Å². The molecule has 0 fully saturated rings. The molecular weight excluding hydrogens is 330 g/mol. The molecule has 1 heterocycles. The van der Waals surface area contributed by atoms with E-state index in [0.29, 0.717) is 23.7 Å². The van der Waals surface area contributed by atoms with Gasteiger partial charge in [0, 0.05) is 51.4 Å². The molecule has 2 N–H and O–H groups in total. The van der Waals surface area contributed by atoms with Gasteiger partial charge >= 0.3 is 6.03 Å². The first-order chi connectivity index (χ1) is 12.4. The second-order valence-electron chi connectivity index (χ2n) is 6.76. The molecule has 6 nitrogen and oxygen atoms in total. The quantitative estimate of drug-likeness (QED) is 0.773. The van der Waals surface area contributed by atoms with Gasteiger partial charge < -0.3 is 25.0 Å². The molecule has 6 heteroatoms. The van der Waals surface area contributed by atoms with Gasteiger partial charge in [-0.05, 0) is 30.7 Å². The van der Waals surface area contributed by atoms with Crippen LogP contribution in [0.5, 0.6) is 11.5 Å². The van der Waals surface area contributed by atoms with Crippen LogP contribution in [0, 0.1) is 0 Å². The molecule has 2 aromatic carbocycles. The van der Waals surface area contributed by atoms with Crippen LogP contribution < -0.4 is 25.0 Å². The van der Waals surface area contributed by atoms with Gasteiger partial charge in [0.05, 0.1) is 0 Å². The third-order valence-electron chi connectivity index (χ3n) is 4.07. The van der Waals surface area contributed by atoms with Crippen LogP contribution in [0.15, 0.2) is 48.5 Å². The lowest BCUT2D eigenvalue weighted by Crippen LogP contribution is -2.31. The monoisotopic (exact) mass is 355 g/mol. The average molecular weight is 355 g/mol. The molecule has 1 aliphatic heterocycles. The molecule has 0 saturated heterocycles. The summed E-state index contributed by atoms with van der Waals surface area (Å²) in [7, 11) is 2.05. The van der Waals surface area contributed by atoms with Gasteiger partial charge in [-0.3, -0.25) is 0 Å². The topological polar surface area (TPSA) is 62.8 Å². The Morgan fingerprint density at radius 2 is 1.81 bits per heavy atom. The van der Waals surface area contributed by atoms with Gasteiger partial charge in [0.25, 0.3) is 0 Å². The zero-order valence-corrected chi connectivity index (χ0v) is 15.4. The third kappa shape index (κ3) is 4.59. The Bertz CT molecular complexity index is 762. The maximum absolute atomic E-state index is 12.0. The van der Waals surface area contributed by atoms with Crippen molar-refractivity contribution in [2.45, 2.75) is 26.1 Å². The number of hydrogen-bond acceptors (Lipinski definition) is 4. The lowest BCUT2D eigenvalue weighted by molar-refractivity contribution is -0.0431. The van der Waals surface area contributed by atoms with Crippen LogP contribution in [0.25, 0.3) is 0 Å². The molecule has 2 amide bonds. The van der Waals surface area contributed by atoms with Crippen molar-refractivity contribution in [1.82, 2.24) is 5.32 Å². The maximum Gasteiger partial charge on any atom is 0.319 e. The van der Waals surface area contributed by atoms with E-state index < -0.39 is 5.79 Å². The second kappa shape index (κ2) is 7.56. The number of nitrogens with zero attached hydrogens (tertiary/aromatic N) is 1. The number of carbonyl (C=O) groups excluding carboxylic acids is 1. The number of amides is 2. The van der Waals surface area contributed by atoms with E-state index in [4.69, 9.17) is 9.47 Å². The first-order valence-electron chi connectivity index (χ1n) is 8.76. The van der Waals surface area contributed by atoms with Gasteiger partial charge in [-0.1, -0.05) is 18.2 Å². The largest absolute Gasteiger partial charge is 0.449 e. The number of para-hydroxylation sites is 1. The van der Waals surface area contributed by atoms with Crippen molar-refractivity contribution < 1.29 is 14.3 Å². The number of rotatable bonds is 6. The summed E-state index contributed by atoms with van der Waals surface area (Å²) in [5.41, 5.74) is 1.84. The predicted octanol–water partition coefficient (Wildman–Crippen LogP) is 3.84. The minimum atomic E-state index is -0.673.